The molecule has 1 aliphatic heterocycles. The van der Waals surface area contributed by atoms with Crippen molar-refractivity contribution in [2.75, 3.05) is 33.3 Å². The highest BCUT2D eigenvalue weighted by Gasteiger charge is 2.43. The Labute approximate surface area is 329 Å². The number of hydrogen-bond donors (Lipinski definition) is 0. The molecule has 0 spiro atoms. The molecule has 0 unspecified atom stereocenters. The lowest BCUT2D eigenvalue weighted by Crippen LogP contribution is -2.57. The quantitative estimate of drug-likeness (QED) is 0.0558. The number of nitrogens with zero attached hydrogens (tertiary/aromatic N) is 4. The number of carbonyl (C=O) groups is 4. The number of ether oxygens (including phenoxy) is 1. The van der Waals surface area contributed by atoms with Gasteiger partial charge in [-0.2, -0.15) is 0 Å². The zero-order valence-electron chi connectivity index (χ0n) is 31.8. The first-order valence-corrected chi connectivity index (χ1v) is 18.2. The van der Waals surface area contributed by atoms with Crippen LogP contribution in [0.15, 0.2) is 127 Å². The molecule has 57 heavy (non-hydrogen) atoms. The zero-order valence-corrected chi connectivity index (χ0v) is 31.8. The fraction of sp³-hybridized carbons (Fsp3) is 0.227. The Morgan fingerprint density at radius 2 is 0.982 bits per heavy atom. The Bertz CT molecular complexity index is 2160. The van der Waals surface area contributed by atoms with Crippen LogP contribution in [0.2, 0.25) is 0 Å². The van der Waals surface area contributed by atoms with Crippen molar-refractivity contribution in [3.05, 3.63) is 187 Å². The number of carbonyl (C=O) groups excluding carboxylic acids is 4. The Kier molecular flexibility index (Phi) is 13.5. The van der Waals surface area contributed by atoms with Crippen LogP contribution >= 0.6 is 0 Å². The first-order valence-electron chi connectivity index (χ1n) is 18.2. The molecule has 1 saturated heterocycles. The van der Waals surface area contributed by atoms with E-state index in [2.05, 4.69) is 82.4 Å². The number of nitro groups is 2. The Morgan fingerprint density at radius 1 is 0.596 bits per heavy atom. The van der Waals surface area contributed by atoms with Crippen molar-refractivity contribution in [3.63, 3.8) is 0 Å². The van der Waals surface area contributed by atoms with Gasteiger partial charge >= 0.3 is 5.97 Å². The number of piperazine rings is 1. The van der Waals surface area contributed by atoms with E-state index in [0.29, 0.717) is 31.7 Å². The summed E-state index contributed by atoms with van der Waals surface area (Å²) in [7, 11) is 1.19. The van der Waals surface area contributed by atoms with Crippen molar-refractivity contribution in [1.29, 1.82) is 0 Å². The van der Waals surface area contributed by atoms with Gasteiger partial charge in [-0.05, 0) is 42.7 Å². The van der Waals surface area contributed by atoms with E-state index in [1.165, 1.54) is 45.2 Å². The van der Waals surface area contributed by atoms with E-state index in [4.69, 9.17) is 0 Å². The summed E-state index contributed by atoms with van der Waals surface area (Å²) in [5, 5.41) is 22.5. The highest BCUT2D eigenvalue weighted by Crippen LogP contribution is 2.43. The maximum absolute atomic E-state index is 13.5. The van der Waals surface area contributed by atoms with E-state index in [0.717, 1.165) is 22.8 Å². The highest BCUT2D eigenvalue weighted by molar-refractivity contribution is 5.95. The summed E-state index contributed by atoms with van der Waals surface area (Å²) in [6, 6.07) is 39.6. The topological polar surface area (TPSA) is 170 Å². The van der Waals surface area contributed by atoms with Gasteiger partial charge in [0.2, 0.25) is 0 Å². The number of Topliss-reactive ketones (excluding diaryl/α,β-unsaturated/α-hetero) is 2. The van der Waals surface area contributed by atoms with Crippen LogP contribution in [0.3, 0.4) is 0 Å². The number of ketones is 2. The average Bonchev–Trinajstić information content (AvgIpc) is 3.22. The molecule has 0 N–H and O–H groups in total. The lowest BCUT2D eigenvalue weighted by atomic mass is 9.75. The zero-order chi connectivity index (χ0) is 41.1. The lowest BCUT2D eigenvalue weighted by Gasteiger charge is -2.49. The van der Waals surface area contributed by atoms with Crippen molar-refractivity contribution in [2.45, 2.75) is 32.2 Å². The summed E-state index contributed by atoms with van der Waals surface area (Å²) < 4.78 is 4.46. The van der Waals surface area contributed by atoms with Gasteiger partial charge in [0.05, 0.1) is 28.1 Å². The molecule has 0 atom stereocenters. The van der Waals surface area contributed by atoms with Crippen molar-refractivity contribution in [1.82, 2.24) is 9.80 Å². The smallest absolute Gasteiger partial charge is 0.338 e. The summed E-state index contributed by atoms with van der Waals surface area (Å²) in [6.45, 7) is 4.89. The van der Waals surface area contributed by atoms with Gasteiger partial charge < -0.3 is 9.64 Å². The fourth-order valence-electron chi connectivity index (χ4n) is 7.19. The van der Waals surface area contributed by atoms with Crippen LogP contribution in [-0.4, -0.2) is 76.4 Å². The summed E-state index contributed by atoms with van der Waals surface area (Å²) in [4.78, 5) is 72.7. The SMILES string of the molecule is CC(=O)Cc1ccc(C(=O)N2CCN(C(c3ccccc3)(c3ccccc3)c3ccccc3)CC2)cc1[N+](=O)[O-].COC(=O)c1ccc(CC(C)=O)c([N+](=O)[O-])c1. The molecule has 292 valence electrons. The van der Waals surface area contributed by atoms with E-state index >= 15 is 0 Å². The van der Waals surface area contributed by atoms with Crippen molar-refractivity contribution < 1.29 is 33.8 Å². The van der Waals surface area contributed by atoms with Gasteiger partial charge in [0.25, 0.3) is 17.3 Å². The molecule has 0 bridgehead atoms. The summed E-state index contributed by atoms with van der Waals surface area (Å²) >= 11 is 0. The molecular weight excluding hydrogens is 729 g/mol. The summed E-state index contributed by atoms with van der Waals surface area (Å²) in [5.41, 5.74) is 3.37. The van der Waals surface area contributed by atoms with E-state index in [1.54, 1.807) is 11.0 Å². The van der Waals surface area contributed by atoms with E-state index in [-0.39, 0.29) is 58.4 Å². The van der Waals surface area contributed by atoms with Gasteiger partial charge in [0, 0.05) is 67.8 Å². The number of rotatable bonds is 12. The maximum Gasteiger partial charge on any atom is 0.338 e. The van der Waals surface area contributed by atoms with E-state index in [9.17, 15) is 39.4 Å². The summed E-state index contributed by atoms with van der Waals surface area (Å²) in [5.74, 6) is -1.25. The van der Waals surface area contributed by atoms with E-state index in [1.807, 2.05) is 18.2 Å². The van der Waals surface area contributed by atoms with Crippen molar-refractivity contribution in [2.24, 2.45) is 0 Å². The third-order valence-corrected chi connectivity index (χ3v) is 9.73. The van der Waals surface area contributed by atoms with Crippen LogP contribution in [0.25, 0.3) is 0 Å². The molecule has 1 amide bonds. The second kappa shape index (κ2) is 18.7. The first-order chi connectivity index (χ1) is 27.4. The lowest BCUT2D eigenvalue weighted by molar-refractivity contribution is -0.385. The van der Waals surface area contributed by atoms with Crippen LogP contribution in [0.4, 0.5) is 11.4 Å². The largest absolute Gasteiger partial charge is 0.465 e. The molecule has 1 aliphatic rings. The molecule has 1 fully saturated rings. The van der Waals surface area contributed by atoms with Gasteiger partial charge in [0.1, 0.15) is 11.6 Å². The second-order valence-corrected chi connectivity index (χ2v) is 13.5. The van der Waals surface area contributed by atoms with Crippen LogP contribution in [0.5, 0.6) is 0 Å². The molecule has 0 aromatic heterocycles. The number of nitro benzene ring substituents is 2. The number of amides is 1. The molecule has 13 heteroatoms. The minimum absolute atomic E-state index is 0.0300. The molecule has 0 aliphatic carbocycles. The molecule has 5 aromatic rings. The van der Waals surface area contributed by atoms with Crippen molar-refractivity contribution in [3.8, 4) is 0 Å². The molecule has 0 saturated carbocycles. The van der Waals surface area contributed by atoms with Crippen LogP contribution in [0.1, 0.15) is 62.4 Å². The molecule has 0 radical (unpaired) electrons. The number of benzene rings is 5. The monoisotopic (exact) mass is 770 g/mol. The highest BCUT2D eigenvalue weighted by atomic mass is 16.6. The molecule has 5 aromatic carbocycles. The molecule has 6 rings (SSSR count). The van der Waals surface area contributed by atoms with Gasteiger partial charge in [-0.1, -0.05) is 103 Å². The van der Waals surface area contributed by atoms with Gasteiger partial charge in [0.15, 0.2) is 0 Å². The minimum Gasteiger partial charge on any atom is -0.465 e. The van der Waals surface area contributed by atoms with Crippen LogP contribution in [-0.2, 0) is 32.7 Å². The fourth-order valence-corrected chi connectivity index (χ4v) is 7.19. The minimum atomic E-state index is -0.650. The predicted octanol–water partition coefficient (Wildman–Crippen LogP) is 6.99. The number of esters is 1. The maximum atomic E-state index is 13.5. The predicted molar refractivity (Wildman–Crippen MR) is 213 cm³/mol. The number of methoxy groups -OCH3 is 1. The second-order valence-electron chi connectivity index (χ2n) is 13.5. The van der Waals surface area contributed by atoms with Crippen molar-refractivity contribution >= 4 is 34.8 Å². The summed E-state index contributed by atoms with van der Waals surface area (Å²) in [6.07, 6.45) is -0.0677. The molecule has 1 heterocycles. The third-order valence-electron chi connectivity index (χ3n) is 9.73. The Hall–Kier alpha value is -6.86. The Balaban J connectivity index is 0.000000306. The van der Waals surface area contributed by atoms with Crippen LogP contribution in [0, 0.1) is 20.2 Å². The number of hydrogen-bond acceptors (Lipinski definition) is 10. The average molecular weight is 771 g/mol. The Morgan fingerprint density at radius 3 is 1.35 bits per heavy atom. The standard InChI is InChI=1S/C33H31N3O4.C11H11NO5/c1-25(37)23-26-17-18-27(24-31(26)36(39)40)32(38)34-19-21-35(22-20-34)33(28-11-5-2-6-12-28,29-13-7-3-8-14-29)30-15-9-4-10-16-30;1-7(13)5-8-3-4-9(11(14)17-2)6-10(8)12(15)16/h2-18,24H,19-23H2,1H3;3-4,6H,5H2,1-2H3. The van der Waals surface area contributed by atoms with E-state index < -0.39 is 21.4 Å². The van der Waals surface area contributed by atoms with Gasteiger partial charge in [-0.3, -0.25) is 39.5 Å². The first kappa shape index (κ1) is 41.3. The molecular formula is C44H42N4O9. The third kappa shape index (κ3) is 9.51. The van der Waals surface area contributed by atoms with Crippen LogP contribution < -0.4 is 0 Å². The van der Waals surface area contributed by atoms with Gasteiger partial charge in [-0.25, -0.2) is 4.79 Å². The molecule has 13 nitrogen and oxygen atoms in total. The normalized spacial score (nSPS) is 12.8. The van der Waals surface area contributed by atoms with Gasteiger partial charge in [-0.15, -0.1) is 0 Å².